The number of carbonyl (C=O) groups excluding carboxylic acids is 1. The molecule has 2 aromatic rings. The molecule has 96 valence electrons. The van der Waals surface area contributed by atoms with Crippen LogP contribution in [0.5, 0.6) is 0 Å². The fourth-order valence-corrected chi connectivity index (χ4v) is 1.94. The zero-order chi connectivity index (χ0) is 13.1. The number of hydrogen-bond acceptors (Lipinski definition) is 4. The molecule has 0 fully saturated rings. The molecule has 2 aromatic heterocycles. The van der Waals surface area contributed by atoms with Gasteiger partial charge in [-0.05, 0) is 40.4 Å². The van der Waals surface area contributed by atoms with Crippen LogP contribution in [0.3, 0.4) is 0 Å². The van der Waals surface area contributed by atoms with Gasteiger partial charge in [0.25, 0.3) is 0 Å². The van der Waals surface area contributed by atoms with E-state index in [-0.39, 0.29) is 0 Å². The Morgan fingerprint density at radius 3 is 2.83 bits per heavy atom. The van der Waals surface area contributed by atoms with Crippen molar-refractivity contribution in [2.75, 3.05) is 0 Å². The zero-order valence-corrected chi connectivity index (χ0v) is 11.8. The molecule has 0 aliphatic rings. The summed E-state index contributed by atoms with van der Waals surface area (Å²) in [5.41, 5.74) is 0.942. The lowest BCUT2D eigenvalue weighted by molar-refractivity contribution is 0.111. The van der Waals surface area contributed by atoms with Crippen molar-refractivity contribution in [2.24, 2.45) is 5.92 Å². The molecule has 0 spiro atoms. The first-order chi connectivity index (χ1) is 8.61. The van der Waals surface area contributed by atoms with E-state index in [9.17, 15) is 4.79 Å². The number of halogens is 1. The van der Waals surface area contributed by atoms with Crippen molar-refractivity contribution in [3.63, 3.8) is 0 Å². The Balaban J connectivity index is 2.36. The Bertz CT molecular complexity index is 545. The highest BCUT2D eigenvalue weighted by Crippen LogP contribution is 2.26. The smallest absolute Gasteiger partial charge is 0.172 e. The van der Waals surface area contributed by atoms with Crippen LogP contribution in [0.25, 0.3) is 11.5 Å². The van der Waals surface area contributed by atoms with E-state index < -0.39 is 0 Å². The summed E-state index contributed by atoms with van der Waals surface area (Å²) in [5, 5.41) is 7.87. The predicted molar refractivity (Wildman–Crippen MR) is 70.3 cm³/mol. The molecule has 2 rings (SSSR count). The lowest BCUT2D eigenvalue weighted by atomic mass is 10.1. The molecule has 18 heavy (non-hydrogen) atoms. The highest BCUT2D eigenvalue weighted by molar-refractivity contribution is 9.10. The summed E-state index contributed by atoms with van der Waals surface area (Å²) >= 11 is 3.25. The van der Waals surface area contributed by atoms with Crippen molar-refractivity contribution >= 4 is 22.2 Å². The number of aromatic nitrogens is 3. The zero-order valence-electron chi connectivity index (χ0n) is 10.3. The van der Waals surface area contributed by atoms with E-state index in [1.807, 2.05) is 0 Å². The van der Waals surface area contributed by atoms with Crippen LogP contribution in [0.15, 0.2) is 21.2 Å². The maximum atomic E-state index is 11.0. The average molecular weight is 312 g/mol. The standard InChI is InChI=1S/C12H14BrN3O2/c1-8(2)5-6-16-12(9(7-17)14-15-16)10-3-4-11(13)18-10/h3-4,7-8H,5-6H2,1-2H3. The number of aldehydes is 1. The SMILES string of the molecule is CC(C)CCn1nnc(C=O)c1-c1ccc(Br)o1. The quantitative estimate of drug-likeness (QED) is 0.796. The van der Waals surface area contributed by atoms with Gasteiger partial charge < -0.3 is 4.42 Å². The van der Waals surface area contributed by atoms with Gasteiger partial charge in [-0.25, -0.2) is 4.68 Å². The van der Waals surface area contributed by atoms with Crippen LogP contribution >= 0.6 is 15.9 Å². The molecule has 5 nitrogen and oxygen atoms in total. The fourth-order valence-electron chi connectivity index (χ4n) is 1.64. The van der Waals surface area contributed by atoms with E-state index in [1.54, 1.807) is 16.8 Å². The topological polar surface area (TPSA) is 60.9 Å². The molecular formula is C12H14BrN3O2. The summed E-state index contributed by atoms with van der Waals surface area (Å²) in [6.07, 6.45) is 1.67. The molecule has 0 saturated carbocycles. The maximum Gasteiger partial charge on any atom is 0.172 e. The third-order valence-electron chi connectivity index (χ3n) is 2.60. The van der Waals surface area contributed by atoms with Crippen molar-refractivity contribution in [1.29, 1.82) is 0 Å². The second-order valence-electron chi connectivity index (χ2n) is 4.45. The largest absolute Gasteiger partial charge is 0.448 e. The van der Waals surface area contributed by atoms with E-state index in [1.165, 1.54) is 0 Å². The summed E-state index contributed by atoms with van der Waals surface area (Å²) in [6, 6.07) is 3.57. The Kier molecular flexibility index (Phi) is 3.96. The molecular weight excluding hydrogens is 298 g/mol. The first-order valence-electron chi connectivity index (χ1n) is 5.76. The predicted octanol–water partition coefficient (Wildman–Crippen LogP) is 3.16. The van der Waals surface area contributed by atoms with Crippen molar-refractivity contribution in [3.05, 3.63) is 22.5 Å². The molecule has 0 bridgehead atoms. The van der Waals surface area contributed by atoms with Crippen LogP contribution in [0, 0.1) is 5.92 Å². The summed E-state index contributed by atoms with van der Waals surface area (Å²) in [4.78, 5) is 11.0. The van der Waals surface area contributed by atoms with Gasteiger partial charge in [0.2, 0.25) is 0 Å². The van der Waals surface area contributed by atoms with Crippen LogP contribution in [-0.2, 0) is 6.54 Å². The third-order valence-corrected chi connectivity index (χ3v) is 3.02. The molecule has 6 heteroatoms. The minimum Gasteiger partial charge on any atom is -0.448 e. The number of hydrogen-bond donors (Lipinski definition) is 0. The monoisotopic (exact) mass is 311 g/mol. The van der Waals surface area contributed by atoms with E-state index in [0.717, 1.165) is 6.42 Å². The van der Waals surface area contributed by atoms with Gasteiger partial charge in [-0.15, -0.1) is 5.10 Å². The van der Waals surface area contributed by atoms with E-state index >= 15 is 0 Å². The lowest BCUT2D eigenvalue weighted by Gasteiger charge is -2.06. The van der Waals surface area contributed by atoms with Crippen LogP contribution in [-0.4, -0.2) is 21.3 Å². The number of furan rings is 1. The Morgan fingerprint density at radius 1 is 1.50 bits per heavy atom. The van der Waals surface area contributed by atoms with Crippen LogP contribution in [0.2, 0.25) is 0 Å². The molecule has 0 amide bonds. The average Bonchev–Trinajstić information content (AvgIpc) is 2.91. The van der Waals surface area contributed by atoms with E-state index in [0.29, 0.717) is 40.6 Å². The molecule has 0 radical (unpaired) electrons. The van der Waals surface area contributed by atoms with Gasteiger partial charge in [0.05, 0.1) is 0 Å². The molecule has 2 heterocycles. The normalized spacial score (nSPS) is 11.1. The summed E-state index contributed by atoms with van der Waals surface area (Å²) < 4.78 is 7.81. The molecule has 0 unspecified atom stereocenters. The van der Waals surface area contributed by atoms with Gasteiger partial charge in [0, 0.05) is 6.54 Å². The fraction of sp³-hybridized carbons (Fsp3) is 0.417. The molecule has 0 N–H and O–H groups in total. The van der Waals surface area contributed by atoms with Gasteiger partial charge in [0.1, 0.15) is 5.69 Å². The number of rotatable bonds is 5. The molecule has 0 atom stereocenters. The molecule has 0 aromatic carbocycles. The highest BCUT2D eigenvalue weighted by atomic mass is 79.9. The Morgan fingerprint density at radius 2 is 2.28 bits per heavy atom. The Hall–Kier alpha value is -1.43. The summed E-state index contributed by atoms with van der Waals surface area (Å²) in [7, 11) is 0. The van der Waals surface area contributed by atoms with Crippen LogP contribution in [0.1, 0.15) is 30.8 Å². The van der Waals surface area contributed by atoms with E-state index in [2.05, 4.69) is 40.1 Å². The first-order valence-corrected chi connectivity index (χ1v) is 6.55. The van der Waals surface area contributed by atoms with Crippen molar-refractivity contribution in [3.8, 4) is 11.5 Å². The summed E-state index contributed by atoms with van der Waals surface area (Å²) in [6.45, 7) is 4.99. The summed E-state index contributed by atoms with van der Waals surface area (Å²) in [5.74, 6) is 1.16. The first kappa shape index (κ1) is 13.0. The number of carbonyl (C=O) groups is 1. The second kappa shape index (κ2) is 5.48. The van der Waals surface area contributed by atoms with Gasteiger partial charge in [-0.3, -0.25) is 4.79 Å². The molecule has 0 aliphatic carbocycles. The van der Waals surface area contributed by atoms with Crippen molar-refractivity contribution < 1.29 is 9.21 Å². The highest BCUT2D eigenvalue weighted by Gasteiger charge is 2.17. The van der Waals surface area contributed by atoms with Gasteiger partial charge in [0.15, 0.2) is 22.4 Å². The van der Waals surface area contributed by atoms with E-state index in [4.69, 9.17) is 4.42 Å². The second-order valence-corrected chi connectivity index (χ2v) is 5.23. The van der Waals surface area contributed by atoms with Gasteiger partial charge >= 0.3 is 0 Å². The van der Waals surface area contributed by atoms with Gasteiger partial charge in [-0.2, -0.15) is 0 Å². The number of aryl methyl sites for hydroxylation is 1. The Labute approximate surface area is 113 Å². The minimum atomic E-state index is 0.306. The number of nitrogens with zero attached hydrogens (tertiary/aromatic N) is 3. The molecule has 0 aliphatic heterocycles. The third kappa shape index (κ3) is 2.69. The minimum absolute atomic E-state index is 0.306. The van der Waals surface area contributed by atoms with Crippen LogP contribution in [0.4, 0.5) is 0 Å². The lowest BCUT2D eigenvalue weighted by Crippen LogP contribution is -2.05. The van der Waals surface area contributed by atoms with Crippen molar-refractivity contribution in [2.45, 2.75) is 26.8 Å². The van der Waals surface area contributed by atoms with Gasteiger partial charge in [-0.1, -0.05) is 19.1 Å². The van der Waals surface area contributed by atoms with Crippen LogP contribution < -0.4 is 0 Å². The van der Waals surface area contributed by atoms with Crippen molar-refractivity contribution in [1.82, 2.24) is 15.0 Å². The molecule has 0 saturated heterocycles. The maximum absolute atomic E-state index is 11.0.